The molecule has 0 unspecified atom stereocenters. The highest BCUT2D eigenvalue weighted by atomic mass is 15.0. The van der Waals surface area contributed by atoms with Crippen molar-refractivity contribution in [1.29, 1.82) is 0 Å². The van der Waals surface area contributed by atoms with Crippen LogP contribution in [0, 0.1) is 0 Å². The molecule has 0 aliphatic heterocycles. The second kappa shape index (κ2) is 35.7. The Morgan fingerprint density at radius 3 is 0.438 bits per heavy atom. The third kappa shape index (κ3) is 14.6. The zero-order chi connectivity index (χ0) is 95.1. The second-order valence-corrected chi connectivity index (χ2v) is 37.3. The van der Waals surface area contributed by atoms with E-state index in [1.165, 1.54) is 220 Å². The highest BCUT2D eigenvalue weighted by molar-refractivity contribution is 6.32. The zero-order valence-electron chi connectivity index (χ0n) is 78.8. The van der Waals surface area contributed by atoms with Crippen molar-refractivity contribution in [2.75, 3.05) is 0 Å². The first-order valence-electron chi connectivity index (χ1n) is 49.5. The predicted octanol–water partition coefficient (Wildman–Crippen LogP) is 37.0. The molecular formula is C138H92N6. The minimum atomic E-state index is 1.15. The smallest absolute Gasteiger partial charge is 0.0548 e. The summed E-state index contributed by atoms with van der Waals surface area (Å²) in [6, 6.07) is 202. The molecule has 0 aliphatic rings. The van der Waals surface area contributed by atoms with Gasteiger partial charge < -0.3 is 27.4 Å². The van der Waals surface area contributed by atoms with Gasteiger partial charge in [-0.3, -0.25) is 0 Å². The first kappa shape index (κ1) is 84.2. The molecule has 23 aromatic carbocycles. The molecule has 6 heteroatoms. The van der Waals surface area contributed by atoms with Gasteiger partial charge in [0.05, 0.1) is 66.2 Å². The highest BCUT2D eigenvalue weighted by Gasteiger charge is 2.27. The van der Waals surface area contributed by atoms with Crippen molar-refractivity contribution in [2.24, 2.45) is 0 Å². The number of rotatable bonds is 14. The lowest BCUT2D eigenvalue weighted by atomic mass is 9.98. The van der Waals surface area contributed by atoms with Crippen LogP contribution in [0.15, 0.2) is 558 Å². The van der Waals surface area contributed by atoms with E-state index in [9.17, 15) is 0 Å². The predicted molar refractivity (Wildman–Crippen MR) is 609 cm³/mol. The van der Waals surface area contributed by atoms with Gasteiger partial charge in [0.15, 0.2) is 0 Å². The van der Waals surface area contributed by atoms with E-state index in [0.29, 0.717) is 0 Å². The Bertz CT molecular complexity index is 9680. The summed E-state index contributed by atoms with van der Waals surface area (Å²) in [7, 11) is 0. The number of aromatic nitrogens is 6. The Labute approximate surface area is 833 Å². The Hall–Kier alpha value is -19.1. The third-order valence-electron chi connectivity index (χ3n) is 29.2. The van der Waals surface area contributed by atoms with Gasteiger partial charge in [0, 0.05) is 98.8 Å². The van der Waals surface area contributed by atoms with Gasteiger partial charge in [0.2, 0.25) is 0 Å². The second-order valence-electron chi connectivity index (χ2n) is 37.3. The minimum Gasteiger partial charge on any atom is -0.309 e. The molecule has 0 amide bonds. The van der Waals surface area contributed by atoms with Crippen molar-refractivity contribution in [3.8, 4) is 123 Å². The standard InChI is InChI=1S/2C48H32N2.C42H28N2/c1-4-14-33(15-5-1)36-24-26-39(27-25-36)49-43-22-12-10-20-41(43)47-45(49)28-29-46-48(47)42-21-11-13-23-44(42)50(46)40-31-37(34-16-6-2-7-17-34)30-38(32-40)35-18-8-3-9-19-35;1-3-12-33(13-4-1)35-22-26-39(27-23-35)49-43-20-9-7-18-41(43)47-45(49)30-31-46-48(47)42-19-8-10-21-44(42)50(46)40-28-24-36(25-29-40)38-17-11-16-37(32-38)34-14-5-2-6-15-34;1-3-11-29(12-4-1)31-19-23-33(24-20-31)43-37-17-9-7-15-35(37)41-39(43)27-28-40-42(41)36-16-8-10-18-38(36)44(40)34-25-21-32(22-26-34)30-13-5-2-6-14-30/h2*1-32H;1-28H. The summed E-state index contributed by atoms with van der Waals surface area (Å²) in [5.41, 5.74) is 40.9. The number of fused-ring (bicyclic) bond motifs is 21. The summed E-state index contributed by atoms with van der Waals surface area (Å²) < 4.78 is 14.6. The van der Waals surface area contributed by atoms with Crippen LogP contribution in [0.25, 0.3) is 254 Å². The molecule has 0 atom stereocenters. The van der Waals surface area contributed by atoms with Crippen LogP contribution in [0.1, 0.15) is 0 Å². The lowest BCUT2D eigenvalue weighted by molar-refractivity contribution is 1.17. The van der Waals surface area contributed by atoms with E-state index in [1.54, 1.807) is 0 Å². The molecule has 0 saturated heterocycles. The molecule has 674 valence electrons. The van der Waals surface area contributed by atoms with Gasteiger partial charge in [0.1, 0.15) is 0 Å². The first-order valence-corrected chi connectivity index (χ1v) is 49.5. The zero-order valence-corrected chi connectivity index (χ0v) is 78.8. The molecule has 0 fully saturated rings. The molecule has 0 radical (unpaired) electrons. The van der Waals surface area contributed by atoms with Gasteiger partial charge in [-0.2, -0.15) is 0 Å². The van der Waals surface area contributed by atoms with Gasteiger partial charge in [-0.1, -0.05) is 400 Å². The Balaban J connectivity index is 0.000000108. The maximum absolute atomic E-state index is 2.46. The van der Waals surface area contributed by atoms with E-state index in [0.717, 1.165) is 34.1 Å². The summed E-state index contributed by atoms with van der Waals surface area (Å²) in [5, 5.41) is 15.3. The molecule has 6 aromatic heterocycles. The van der Waals surface area contributed by atoms with Crippen LogP contribution >= 0.6 is 0 Å². The van der Waals surface area contributed by atoms with Crippen LogP contribution in [0.2, 0.25) is 0 Å². The van der Waals surface area contributed by atoms with Gasteiger partial charge in [-0.05, 0) is 247 Å². The number of nitrogens with zero attached hydrogens (tertiary/aromatic N) is 6. The highest BCUT2D eigenvalue weighted by Crippen LogP contribution is 2.49. The third-order valence-corrected chi connectivity index (χ3v) is 29.2. The van der Waals surface area contributed by atoms with E-state index in [2.05, 4.69) is 586 Å². The van der Waals surface area contributed by atoms with Crippen molar-refractivity contribution in [3.63, 3.8) is 0 Å². The largest absolute Gasteiger partial charge is 0.309 e. The number of para-hydroxylation sites is 6. The number of hydrogen-bond acceptors (Lipinski definition) is 0. The fourth-order valence-corrected chi connectivity index (χ4v) is 22.6. The molecule has 6 nitrogen and oxygen atoms in total. The summed E-state index contributed by atoms with van der Waals surface area (Å²) in [6.45, 7) is 0. The van der Waals surface area contributed by atoms with Crippen molar-refractivity contribution < 1.29 is 0 Å². The Morgan fingerprint density at radius 1 is 0.0833 bits per heavy atom. The van der Waals surface area contributed by atoms with Crippen molar-refractivity contribution in [2.45, 2.75) is 0 Å². The molecule has 0 bridgehead atoms. The number of hydrogen-bond donors (Lipinski definition) is 0. The van der Waals surface area contributed by atoms with Crippen molar-refractivity contribution in [3.05, 3.63) is 558 Å². The fraction of sp³-hybridized carbons (Fsp3) is 0. The lowest BCUT2D eigenvalue weighted by Gasteiger charge is -2.14. The van der Waals surface area contributed by atoms with Crippen molar-refractivity contribution >= 4 is 131 Å². The summed E-state index contributed by atoms with van der Waals surface area (Å²) in [4.78, 5) is 0. The van der Waals surface area contributed by atoms with Gasteiger partial charge in [-0.15, -0.1) is 0 Å². The van der Waals surface area contributed by atoms with E-state index >= 15 is 0 Å². The maximum Gasteiger partial charge on any atom is 0.0548 e. The van der Waals surface area contributed by atoms with E-state index in [1.807, 2.05) is 0 Å². The van der Waals surface area contributed by atoms with E-state index in [4.69, 9.17) is 0 Å². The maximum atomic E-state index is 2.46. The van der Waals surface area contributed by atoms with Gasteiger partial charge >= 0.3 is 0 Å². The van der Waals surface area contributed by atoms with Crippen LogP contribution in [0.5, 0.6) is 0 Å². The normalized spacial score (nSPS) is 11.6. The quantitative estimate of drug-likeness (QED) is 0.104. The van der Waals surface area contributed by atoms with E-state index < -0.39 is 0 Å². The van der Waals surface area contributed by atoms with Crippen LogP contribution in [0.4, 0.5) is 0 Å². The Morgan fingerprint density at radius 2 is 0.229 bits per heavy atom. The molecule has 29 rings (SSSR count). The first-order chi connectivity index (χ1) is 71.5. The summed E-state index contributed by atoms with van der Waals surface area (Å²) in [5.74, 6) is 0. The average molecular weight is 1830 g/mol. The lowest BCUT2D eigenvalue weighted by Crippen LogP contribution is -1.96. The van der Waals surface area contributed by atoms with Crippen LogP contribution in [-0.2, 0) is 0 Å². The molecule has 0 saturated carbocycles. The molecular weight excluding hydrogens is 1740 g/mol. The fourth-order valence-electron chi connectivity index (χ4n) is 22.6. The molecule has 6 heterocycles. The van der Waals surface area contributed by atoms with Crippen molar-refractivity contribution in [1.82, 2.24) is 27.4 Å². The molecule has 144 heavy (non-hydrogen) atoms. The topological polar surface area (TPSA) is 29.6 Å². The summed E-state index contributed by atoms with van der Waals surface area (Å²) in [6.07, 6.45) is 0. The van der Waals surface area contributed by atoms with Crippen LogP contribution in [0.3, 0.4) is 0 Å². The van der Waals surface area contributed by atoms with Crippen LogP contribution in [-0.4, -0.2) is 27.4 Å². The molecule has 0 spiro atoms. The molecule has 0 N–H and O–H groups in total. The van der Waals surface area contributed by atoms with Crippen LogP contribution < -0.4 is 0 Å². The average Bonchev–Trinajstić information content (AvgIpc) is 1.55. The molecule has 29 aromatic rings. The van der Waals surface area contributed by atoms with Gasteiger partial charge in [0.25, 0.3) is 0 Å². The molecule has 0 aliphatic carbocycles. The van der Waals surface area contributed by atoms with E-state index in [-0.39, 0.29) is 0 Å². The summed E-state index contributed by atoms with van der Waals surface area (Å²) >= 11 is 0. The van der Waals surface area contributed by atoms with Gasteiger partial charge in [-0.25, -0.2) is 0 Å². The number of benzene rings is 23. The SMILES string of the molecule is c1ccc(-c2ccc(-n3c4ccccc4c4c5c6ccccc6n(-c6cc(-c7ccccc7)cc(-c7ccccc7)c6)c5ccc43)cc2)cc1.c1ccc(-c2ccc(-n3c4ccccc4c4c5c6ccccc6n(-c6ccc(-c7cccc(-c8ccccc8)c7)cc6)c5ccc43)cc2)cc1.c1ccc(-c2ccc(-n3c4ccccc4c4c5c6ccccc6n(-c6ccc(-c7ccccc7)cc6)c5ccc43)cc2)cc1. The monoisotopic (exact) mass is 1830 g/mol. The minimum absolute atomic E-state index is 1.15. The Kier molecular flexibility index (Phi) is 20.9.